The van der Waals surface area contributed by atoms with Gasteiger partial charge in [-0.05, 0) is 72.9 Å². The summed E-state index contributed by atoms with van der Waals surface area (Å²) < 4.78 is 17.4. The van der Waals surface area contributed by atoms with Crippen molar-refractivity contribution in [3.05, 3.63) is 46.5 Å². The van der Waals surface area contributed by atoms with E-state index >= 15 is 0 Å². The molecule has 8 heteroatoms. The van der Waals surface area contributed by atoms with Gasteiger partial charge in [-0.25, -0.2) is 4.79 Å². The van der Waals surface area contributed by atoms with Gasteiger partial charge in [0.1, 0.15) is 0 Å². The highest BCUT2D eigenvalue weighted by Gasteiger charge is 2.25. The lowest BCUT2D eigenvalue weighted by molar-refractivity contribution is 0.257. The fourth-order valence-corrected chi connectivity index (χ4v) is 5.30. The highest BCUT2D eigenvalue weighted by Crippen LogP contribution is 2.38. The second-order valence-corrected chi connectivity index (χ2v) is 8.71. The first-order chi connectivity index (χ1) is 14.6. The van der Waals surface area contributed by atoms with Crippen LogP contribution in [0.15, 0.2) is 33.5 Å². The Morgan fingerprint density at radius 1 is 1.03 bits per heavy atom. The molecule has 1 atom stereocenters. The fraction of sp³-hybridized carbons (Fsp3) is 0.364. The van der Waals surface area contributed by atoms with E-state index in [0.717, 1.165) is 44.2 Å². The molecule has 0 bridgehead atoms. The molecule has 2 N–H and O–H groups in total. The van der Waals surface area contributed by atoms with Crippen molar-refractivity contribution in [2.45, 2.75) is 43.4 Å². The molecule has 0 saturated heterocycles. The molecular formula is C22H24N4O3S. The SMILES string of the molecule is COc1ccc(/S(=N/C#N)NC(=O)Nc2c3c(cc4c2CCC4)CCC3)cc1OC. The van der Waals surface area contributed by atoms with E-state index in [1.807, 2.05) is 6.19 Å². The number of nitriles is 1. The Morgan fingerprint density at radius 2 is 1.70 bits per heavy atom. The number of rotatable bonds is 5. The summed E-state index contributed by atoms with van der Waals surface area (Å²) in [6.45, 7) is 0. The molecule has 2 aromatic rings. The van der Waals surface area contributed by atoms with Gasteiger partial charge in [-0.2, -0.15) is 5.26 Å². The van der Waals surface area contributed by atoms with Gasteiger partial charge >= 0.3 is 6.03 Å². The van der Waals surface area contributed by atoms with Gasteiger partial charge in [-0.15, -0.1) is 4.36 Å². The van der Waals surface area contributed by atoms with Crippen molar-refractivity contribution >= 4 is 22.6 Å². The average molecular weight is 425 g/mol. The van der Waals surface area contributed by atoms with E-state index in [4.69, 9.17) is 14.7 Å². The van der Waals surface area contributed by atoms with Crippen LogP contribution < -0.4 is 19.5 Å². The maximum atomic E-state index is 12.9. The van der Waals surface area contributed by atoms with Crippen molar-refractivity contribution < 1.29 is 14.3 Å². The number of carbonyl (C=O) groups is 1. The Labute approximate surface area is 178 Å². The predicted octanol–water partition coefficient (Wildman–Crippen LogP) is 4.06. The third-order valence-electron chi connectivity index (χ3n) is 5.61. The maximum Gasteiger partial charge on any atom is 0.330 e. The summed E-state index contributed by atoms with van der Waals surface area (Å²) in [6.07, 6.45) is 8.16. The van der Waals surface area contributed by atoms with Gasteiger partial charge in [0.2, 0.25) is 6.19 Å². The Hall–Kier alpha value is -3.05. The Bertz CT molecular complexity index is 1040. The molecule has 0 aliphatic heterocycles. The van der Waals surface area contributed by atoms with Gasteiger partial charge in [0.15, 0.2) is 11.5 Å². The smallest absolute Gasteiger partial charge is 0.330 e. The van der Waals surface area contributed by atoms with E-state index in [1.165, 1.54) is 29.4 Å². The molecule has 1 unspecified atom stereocenters. The Kier molecular flexibility index (Phi) is 5.91. The Balaban J connectivity index is 1.59. The van der Waals surface area contributed by atoms with E-state index in [-0.39, 0.29) is 6.03 Å². The number of fused-ring (bicyclic) bond motifs is 2. The largest absolute Gasteiger partial charge is 0.493 e. The van der Waals surface area contributed by atoms with Crippen molar-refractivity contribution in [3.63, 3.8) is 0 Å². The number of anilines is 1. The normalized spacial score (nSPS) is 15.1. The van der Waals surface area contributed by atoms with Gasteiger partial charge in [0.25, 0.3) is 0 Å². The molecule has 0 fully saturated rings. The number of hydrogen-bond donors (Lipinski definition) is 2. The summed E-state index contributed by atoms with van der Waals surface area (Å²) >= 11 is 0. The van der Waals surface area contributed by atoms with E-state index in [0.29, 0.717) is 16.4 Å². The van der Waals surface area contributed by atoms with Gasteiger partial charge in [0, 0.05) is 27.5 Å². The highest BCUT2D eigenvalue weighted by molar-refractivity contribution is 7.86. The lowest BCUT2D eigenvalue weighted by Gasteiger charge is -2.17. The quantitative estimate of drug-likeness (QED) is 0.708. The number of methoxy groups -OCH3 is 2. The summed E-state index contributed by atoms with van der Waals surface area (Å²) in [4.78, 5) is 13.6. The highest BCUT2D eigenvalue weighted by atomic mass is 32.2. The number of hydrogen-bond acceptors (Lipinski definition) is 5. The number of nitrogens with zero attached hydrogens (tertiary/aromatic N) is 2. The van der Waals surface area contributed by atoms with E-state index in [1.54, 1.807) is 25.3 Å². The third kappa shape index (κ3) is 3.85. The first-order valence-corrected chi connectivity index (χ1v) is 11.1. The second-order valence-electron chi connectivity index (χ2n) is 7.28. The van der Waals surface area contributed by atoms with Crippen LogP contribution >= 0.6 is 0 Å². The molecule has 2 aliphatic carbocycles. The minimum absolute atomic E-state index is 0.360. The van der Waals surface area contributed by atoms with Gasteiger partial charge in [-0.1, -0.05) is 6.07 Å². The number of carbonyl (C=O) groups excluding carboxylic acids is 1. The van der Waals surface area contributed by atoms with Crippen LogP contribution in [0.4, 0.5) is 10.5 Å². The van der Waals surface area contributed by atoms with Crippen LogP contribution in [-0.4, -0.2) is 20.3 Å². The molecule has 4 rings (SSSR count). The van der Waals surface area contributed by atoms with Crippen molar-refractivity contribution in [3.8, 4) is 17.7 Å². The number of aryl methyl sites for hydroxylation is 2. The summed E-state index contributed by atoms with van der Waals surface area (Å²) in [5.41, 5.74) is 6.18. The molecule has 2 aliphatic rings. The fourth-order valence-electron chi connectivity index (χ4n) is 4.31. The zero-order valence-corrected chi connectivity index (χ0v) is 17.9. The average Bonchev–Trinajstić information content (AvgIpc) is 3.42. The van der Waals surface area contributed by atoms with Gasteiger partial charge < -0.3 is 14.8 Å². The summed E-state index contributed by atoms with van der Waals surface area (Å²) in [5, 5.41) is 12.2. The van der Waals surface area contributed by atoms with Crippen molar-refractivity contribution in [2.75, 3.05) is 19.5 Å². The first kappa shape index (κ1) is 20.2. The minimum atomic E-state index is -1.14. The zero-order chi connectivity index (χ0) is 21.1. The van der Waals surface area contributed by atoms with Gasteiger partial charge in [0.05, 0.1) is 14.2 Å². The van der Waals surface area contributed by atoms with Crippen LogP contribution in [0.5, 0.6) is 11.5 Å². The van der Waals surface area contributed by atoms with Crippen LogP contribution in [0.25, 0.3) is 0 Å². The third-order valence-corrected chi connectivity index (χ3v) is 6.95. The molecule has 0 spiro atoms. The molecular weight excluding hydrogens is 400 g/mol. The summed E-state index contributed by atoms with van der Waals surface area (Å²) in [7, 11) is 1.95. The summed E-state index contributed by atoms with van der Waals surface area (Å²) in [6, 6.07) is 7.19. The van der Waals surface area contributed by atoms with E-state index in [9.17, 15) is 4.79 Å². The van der Waals surface area contributed by atoms with E-state index < -0.39 is 10.9 Å². The number of benzene rings is 2. The standard InChI is InChI=1S/C22H24N4O3S/c1-28-19-10-9-16(12-20(19)29-2)30(24-13-23)26-22(27)25-21-17-7-3-5-14(17)11-15-6-4-8-18(15)21/h9-12H,3-8H2,1-2H3,(H2,24,25,26,27). The molecule has 156 valence electrons. The molecule has 2 amide bonds. The number of urea groups is 1. The maximum absolute atomic E-state index is 12.9. The Morgan fingerprint density at radius 3 is 2.30 bits per heavy atom. The number of nitrogens with one attached hydrogen (secondary N) is 2. The second kappa shape index (κ2) is 8.76. The monoisotopic (exact) mass is 424 g/mol. The van der Waals surface area contributed by atoms with Crippen LogP contribution in [0.2, 0.25) is 0 Å². The molecule has 0 radical (unpaired) electrons. The zero-order valence-electron chi connectivity index (χ0n) is 17.1. The van der Waals surface area contributed by atoms with Crippen LogP contribution in [0.3, 0.4) is 0 Å². The van der Waals surface area contributed by atoms with Gasteiger partial charge in [-0.3, -0.25) is 4.72 Å². The number of amides is 2. The number of ether oxygens (including phenoxy) is 2. The van der Waals surface area contributed by atoms with Crippen LogP contribution in [-0.2, 0) is 36.6 Å². The molecule has 30 heavy (non-hydrogen) atoms. The summed E-state index contributed by atoms with van der Waals surface area (Å²) in [5.74, 6) is 1.09. The molecule has 0 heterocycles. The lowest BCUT2D eigenvalue weighted by atomic mass is 9.99. The molecule has 0 aromatic heterocycles. The molecule has 0 saturated carbocycles. The molecule has 7 nitrogen and oxygen atoms in total. The first-order valence-electron chi connectivity index (χ1n) is 9.95. The van der Waals surface area contributed by atoms with Crippen LogP contribution in [0.1, 0.15) is 35.1 Å². The van der Waals surface area contributed by atoms with Crippen molar-refractivity contribution in [1.82, 2.24) is 4.72 Å². The van der Waals surface area contributed by atoms with Crippen LogP contribution in [0, 0.1) is 11.5 Å². The minimum Gasteiger partial charge on any atom is -0.493 e. The lowest BCUT2D eigenvalue weighted by Crippen LogP contribution is -2.31. The van der Waals surface area contributed by atoms with E-state index in [2.05, 4.69) is 20.5 Å². The van der Waals surface area contributed by atoms with Crippen molar-refractivity contribution in [2.24, 2.45) is 4.36 Å². The topological polar surface area (TPSA) is 95.7 Å². The predicted molar refractivity (Wildman–Crippen MR) is 116 cm³/mol. The van der Waals surface area contributed by atoms with Crippen molar-refractivity contribution in [1.29, 1.82) is 5.26 Å². The molecule has 2 aromatic carbocycles.